The molecule has 2 aromatic carbocycles. The Hall–Kier alpha value is -1.80. The first kappa shape index (κ1) is 13.6. The van der Waals surface area contributed by atoms with E-state index in [0.29, 0.717) is 0 Å². The van der Waals surface area contributed by atoms with Crippen LogP contribution in [0.15, 0.2) is 48.5 Å². The molecule has 0 amide bonds. The summed E-state index contributed by atoms with van der Waals surface area (Å²) in [5.74, 6) is 0. The highest BCUT2D eigenvalue weighted by molar-refractivity contribution is 5.50. The maximum atomic E-state index is 9.82. The number of aryl methyl sites for hydroxylation is 2. The summed E-state index contributed by atoms with van der Waals surface area (Å²) in [4.78, 5) is 0. The van der Waals surface area contributed by atoms with E-state index in [1.165, 1.54) is 11.1 Å². The van der Waals surface area contributed by atoms with E-state index in [1.807, 2.05) is 31.2 Å². The predicted molar refractivity (Wildman–Crippen MR) is 80.4 cm³/mol. The molecule has 1 unspecified atom stereocenters. The van der Waals surface area contributed by atoms with Crippen LogP contribution in [0.3, 0.4) is 0 Å². The third-order valence-electron chi connectivity index (χ3n) is 3.53. The van der Waals surface area contributed by atoms with Crippen molar-refractivity contribution < 1.29 is 5.11 Å². The molecule has 0 saturated heterocycles. The summed E-state index contributed by atoms with van der Waals surface area (Å²) in [7, 11) is 0. The summed E-state index contributed by atoms with van der Waals surface area (Å²) >= 11 is 0. The lowest BCUT2D eigenvalue weighted by Gasteiger charge is -2.32. The Morgan fingerprint density at radius 2 is 1.63 bits per heavy atom. The van der Waals surface area contributed by atoms with Crippen LogP contribution in [0.4, 0.5) is 5.69 Å². The minimum Gasteiger partial charge on any atom is -0.394 e. The molecule has 100 valence electrons. The monoisotopic (exact) mass is 255 g/mol. The zero-order chi connectivity index (χ0) is 13.9. The minimum absolute atomic E-state index is 0.0474. The number of hydrogen-bond donors (Lipinski definition) is 2. The van der Waals surface area contributed by atoms with Gasteiger partial charge >= 0.3 is 0 Å². The fraction of sp³-hybridized carbons (Fsp3) is 0.294. The Labute approximate surface area is 115 Å². The molecule has 2 rings (SSSR count). The molecule has 0 spiro atoms. The van der Waals surface area contributed by atoms with Crippen molar-refractivity contribution in [2.75, 3.05) is 11.9 Å². The second-order valence-corrected chi connectivity index (χ2v) is 5.30. The molecule has 0 saturated carbocycles. The van der Waals surface area contributed by atoms with E-state index < -0.39 is 5.54 Å². The summed E-state index contributed by atoms with van der Waals surface area (Å²) in [5, 5.41) is 13.3. The van der Waals surface area contributed by atoms with Crippen molar-refractivity contribution >= 4 is 5.69 Å². The van der Waals surface area contributed by atoms with E-state index in [0.717, 1.165) is 11.3 Å². The van der Waals surface area contributed by atoms with E-state index in [9.17, 15) is 5.11 Å². The first-order chi connectivity index (χ1) is 9.05. The molecule has 2 aromatic rings. The summed E-state index contributed by atoms with van der Waals surface area (Å²) in [6.45, 7) is 6.21. The number of benzene rings is 2. The van der Waals surface area contributed by atoms with Gasteiger partial charge in [0.2, 0.25) is 0 Å². The third kappa shape index (κ3) is 2.96. The summed E-state index contributed by atoms with van der Waals surface area (Å²) < 4.78 is 0. The number of nitrogens with one attached hydrogen (secondary N) is 1. The highest BCUT2D eigenvalue weighted by Crippen LogP contribution is 2.28. The SMILES string of the molecule is Cc1ccc(NC(C)(CO)c2ccccc2C)cc1. The van der Waals surface area contributed by atoms with Crippen molar-refractivity contribution in [2.24, 2.45) is 0 Å². The minimum atomic E-state index is -0.472. The molecule has 0 aliphatic heterocycles. The normalized spacial score (nSPS) is 13.9. The van der Waals surface area contributed by atoms with Crippen LogP contribution in [0.1, 0.15) is 23.6 Å². The number of hydrogen-bond acceptors (Lipinski definition) is 2. The van der Waals surface area contributed by atoms with Gasteiger partial charge in [0.15, 0.2) is 0 Å². The lowest BCUT2D eigenvalue weighted by atomic mass is 9.89. The Kier molecular flexibility index (Phi) is 3.91. The highest BCUT2D eigenvalue weighted by Gasteiger charge is 2.26. The third-order valence-corrected chi connectivity index (χ3v) is 3.53. The molecule has 19 heavy (non-hydrogen) atoms. The maximum Gasteiger partial charge on any atom is 0.0830 e. The van der Waals surface area contributed by atoms with Crippen LogP contribution in [0, 0.1) is 13.8 Å². The predicted octanol–water partition coefficient (Wildman–Crippen LogP) is 3.62. The average Bonchev–Trinajstić information content (AvgIpc) is 2.42. The van der Waals surface area contributed by atoms with Crippen LogP contribution in [0.25, 0.3) is 0 Å². The van der Waals surface area contributed by atoms with Crippen molar-refractivity contribution in [2.45, 2.75) is 26.3 Å². The number of anilines is 1. The Morgan fingerprint density at radius 3 is 2.21 bits per heavy atom. The van der Waals surface area contributed by atoms with E-state index in [2.05, 4.69) is 43.4 Å². The molecule has 0 aliphatic carbocycles. The lowest BCUT2D eigenvalue weighted by Crippen LogP contribution is -2.36. The van der Waals surface area contributed by atoms with Crippen LogP contribution in [-0.2, 0) is 5.54 Å². The summed E-state index contributed by atoms with van der Waals surface area (Å²) in [5.41, 5.74) is 4.08. The molecule has 0 fully saturated rings. The Bertz CT molecular complexity index is 547. The number of aliphatic hydroxyl groups is 1. The van der Waals surface area contributed by atoms with Gasteiger partial charge in [-0.05, 0) is 44.0 Å². The molecule has 0 aromatic heterocycles. The second kappa shape index (κ2) is 5.45. The van der Waals surface area contributed by atoms with E-state index >= 15 is 0 Å². The van der Waals surface area contributed by atoms with Crippen molar-refractivity contribution in [1.29, 1.82) is 0 Å². The van der Waals surface area contributed by atoms with Crippen molar-refractivity contribution in [3.63, 3.8) is 0 Å². The van der Waals surface area contributed by atoms with Gasteiger partial charge in [0.1, 0.15) is 0 Å². The fourth-order valence-corrected chi connectivity index (χ4v) is 2.34. The van der Waals surface area contributed by atoms with Gasteiger partial charge in [-0.2, -0.15) is 0 Å². The second-order valence-electron chi connectivity index (χ2n) is 5.30. The van der Waals surface area contributed by atoms with Crippen molar-refractivity contribution in [1.82, 2.24) is 0 Å². The molecular weight excluding hydrogens is 234 g/mol. The molecule has 1 atom stereocenters. The molecule has 2 heteroatoms. The van der Waals surface area contributed by atoms with Gasteiger partial charge in [-0.15, -0.1) is 0 Å². The maximum absolute atomic E-state index is 9.82. The van der Waals surface area contributed by atoms with Crippen LogP contribution >= 0.6 is 0 Å². The van der Waals surface area contributed by atoms with Crippen LogP contribution in [-0.4, -0.2) is 11.7 Å². The standard InChI is InChI=1S/C17H21NO/c1-13-8-10-15(11-9-13)18-17(3,12-19)16-7-5-4-6-14(16)2/h4-11,18-19H,12H2,1-3H3. The van der Waals surface area contributed by atoms with E-state index in [4.69, 9.17) is 0 Å². The van der Waals surface area contributed by atoms with Gasteiger partial charge in [-0.3, -0.25) is 0 Å². The van der Waals surface area contributed by atoms with Gasteiger partial charge in [-0.25, -0.2) is 0 Å². The molecule has 0 aliphatic rings. The zero-order valence-electron chi connectivity index (χ0n) is 11.8. The van der Waals surface area contributed by atoms with Gasteiger partial charge in [0.05, 0.1) is 12.1 Å². The molecule has 0 bridgehead atoms. The molecule has 0 radical (unpaired) electrons. The van der Waals surface area contributed by atoms with Gasteiger partial charge in [-0.1, -0.05) is 42.0 Å². The van der Waals surface area contributed by atoms with Gasteiger partial charge in [0, 0.05) is 5.69 Å². The first-order valence-corrected chi connectivity index (χ1v) is 6.57. The van der Waals surface area contributed by atoms with Crippen LogP contribution in [0.2, 0.25) is 0 Å². The zero-order valence-corrected chi connectivity index (χ0v) is 11.8. The van der Waals surface area contributed by atoms with Gasteiger partial charge < -0.3 is 10.4 Å². The summed E-state index contributed by atoms with van der Waals surface area (Å²) in [6, 6.07) is 16.4. The largest absolute Gasteiger partial charge is 0.394 e. The number of aliphatic hydroxyl groups excluding tert-OH is 1. The van der Waals surface area contributed by atoms with Crippen LogP contribution < -0.4 is 5.32 Å². The molecular formula is C17H21NO. The van der Waals surface area contributed by atoms with Gasteiger partial charge in [0.25, 0.3) is 0 Å². The highest BCUT2D eigenvalue weighted by atomic mass is 16.3. The molecule has 2 N–H and O–H groups in total. The average molecular weight is 255 g/mol. The fourth-order valence-electron chi connectivity index (χ4n) is 2.34. The smallest absolute Gasteiger partial charge is 0.0830 e. The van der Waals surface area contributed by atoms with Crippen molar-refractivity contribution in [3.8, 4) is 0 Å². The van der Waals surface area contributed by atoms with Crippen molar-refractivity contribution in [3.05, 3.63) is 65.2 Å². The lowest BCUT2D eigenvalue weighted by molar-refractivity contribution is 0.223. The quantitative estimate of drug-likeness (QED) is 0.874. The molecule has 0 heterocycles. The Morgan fingerprint density at radius 1 is 1.00 bits per heavy atom. The Balaban J connectivity index is 2.33. The van der Waals surface area contributed by atoms with Crippen LogP contribution in [0.5, 0.6) is 0 Å². The summed E-state index contributed by atoms with van der Waals surface area (Å²) in [6.07, 6.45) is 0. The first-order valence-electron chi connectivity index (χ1n) is 6.57. The number of rotatable bonds is 4. The van der Waals surface area contributed by atoms with E-state index in [-0.39, 0.29) is 6.61 Å². The topological polar surface area (TPSA) is 32.3 Å². The van der Waals surface area contributed by atoms with E-state index in [1.54, 1.807) is 0 Å². The molecule has 2 nitrogen and oxygen atoms in total.